The zero-order valence-corrected chi connectivity index (χ0v) is 11.1. The molecule has 0 aromatic carbocycles. The van der Waals surface area contributed by atoms with Gasteiger partial charge in [-0.2, -0.15) is 0 Å². The average molecular weight is 263 g/mol. The second-order valence-corrected chi connectivity index (χ2v) is 5.19. The van der Waals surface area contributed by atoms with Crippen molar-refractivity contribution < 1.29 is 9.47 Å². The molecule has 3 aliphatic rings. The third-order valence-electron chi connectivity index (χ3n) is 4.20. The maximum Gasteiger partial charge on any atom is 0.111 e. The van der Waals surface area contributed by atoms with Crippen LogP contribution < -0.4 is 5.32 Å². The van der Waals surface area contributed by atoms with Crippen LogP contribution in [0, 0.1) is 0 Å². The number of morpholine rings is 1. The minimum Gasteiger partial charge on any atom is -0.379 e. The van der Waals surface area contributed by atoms with E-state index in [-0.39, 0.29) is 18.0 Å². The van der Waals surface area contributed by atoms with Crippen molar-refractivity contribution in [2.75, 3.05) is 39.4 Å². The van der Waals surface area contributed by atoms with Crippen molar-refractivity contribution in [3.05, 3.63) is 0 Å². The van der Waals surface area contributed by atoms with Gasteiger partial charge in [-0.25, -0.2) is 0 Å². The van der Waals surface area contributed by atoms with Gasteiger partial charge in [0.25, 0.3) is 0 Å². The van der Waals surface area contributed by atoms with Crippen molar-refractivity contribution in [2.24, 2.45) is 0 Å². The maximum absolute atomic E-state index is 6.36. The fraction of sp³-hybridized carbons (Fsp3) is 1.00. The van der Waals surface area contributed by atoms with Gasteiger partial charge in [0.1, 0.15) is 6.23 Å². The number of nitrogens with zero attached hydrogens (tertiary/aromatic N) is 1. The average Bonchev–Trinajstić information content (AvgIpc) is 2.75. The summed E-state index contributed by atoms with van der Waals surface area (Å²) in [7, 11) is 0. The molecule has 5 heteroatoms. The first-order valence-corrected chi connectivity index (χ1v) is 6.58. The fourth-order valence-electron chi connectivity index (χ4n) is 3.17. The molecule has 3 saturated heterocycles. The Balaban J connectivity index is 0.00000108. The molecule has 0 amide bonds. The summed E-state index contributed by atoms with van der Waals surface area (Å²) in [6.07, 6.45) is 5.19. The van der Waals surface area contributed by atoms with Crippen LogP contribution in [-0.2, 0) is 9.47 Å². The van der Waals surface area contributed by atoms with Gasteiger partial charge in [0.15, 0.2) is 0 Å². The Labute approximate surface area is 109 Å². The van der Waals surface area contributed by atoms with Crippen LogP contribution in [0.2, 0.25) is 0 Å². The molecule has 0 saturated carbocycles. The second-order valence-electron chi connectivity index (χ2n) is 5.19. The first-order chi connectivity index (χ1) is 7.88. The molecular weight excluding hydrogens is 240 g/mol. The van der Waals surface area contributed by atoms with Gasteiger partial charge < -0.3 is 14.8 Å². The van der Waals surface area contributed by atoms with E-state index in [9.17, 15) is 0 Å². The summed E-state index contributed by atoms with van der Waals surface area (Å²) in [5, 5.41) is 3.42. The SMILES string of the molecule is C1CC2(CCN1)CCC(N1CCOCC1)O2.Cl. The molecule has 3 rings (SSSR count). The molecule has 17 heavy (non-hydrogen) atoms. The number of ether oxygens (including phenoxy) is 2. The summed E-state index contributed by atoms with van der Waals surface area (Å²) in [4.78, 5) is 2.46. The quantitative estimate of drug-likeness (QED) is 0.765. The van der Waals surface area contributed by atoms with Gasteiger partial charge >= 0.3 is 0 Å². The van der Waals surface area contributed by atoms with Gasteiger partial charge in [-0.1, -0.05) is 0 Å². The zero-order chi connectivity index (χ0) is 10.8. The highest BCUT2D eigenvalue weighted by Crippen LogP contribution is 2.38. The maximum atomic E-state index is 6.36. The van der Waals surface area contributed by atoms with Crippen molar-refractivity contribution in [3.63, 3.8) is 0 Å². The molecule has 0 aliphatic carbocycles. The van der Waals surface area contributed by atoms with Gasteiger partial charge in [0.05, 0.1) is 18.8 Å². The van der Waals surface area contributed by atoms with Crippen molar-refractivity contribution >= 4 is 12.4 Å². The Morgan fingerprint density at radius 1 is 1.06 bits per heavy atom. The van der Waals surface area contributed by atoms with Crippen LogP contribution in [0.25, 0.3) is 0 Å². The molecule has 1 atom stereocenters. The lowest BCUT2D eigenvalue weighted by Crippen LogP contribution is -2.47. The summed E-state index contributed by atoms with van der Waals surface area (Å²) < 4.78 is 11.7. The highest BCUT2D eigenvalue weighted by Gasteiger charge is 2.42. The van der Waals surface area contributed by atoms with Crippen LogP contribution >= 0.6 is 12.4 Å². The normalized spacial score (nSPS) is 33.5. The Morgan fingerprint density at radius 3 is 2.47 bits per heavy atom. The largest absolute Gasteiger partial charge is 0.379 e. The predicted molar refractivity (Wildman–Crippen MR) is 68.6 cm³/mol. The van der Waals surface area contributed by atoms with E-state index in [1.807, 2.05) is 0 Å². The standard InChI is InChI=1S/C12H22N2O2.ClH/c1-2-12(3-5-13-6-4-12)16-11(1)14-7-9-15-10-8-14;/h11,13H,1-10H2;1H. The molecule has 0 radical (unpaired) electrons. The number of nitrogens with one attached hydrogen (secondary N) is 1. The Hall–Kier alpha value is 0.130. The summed E-state index contributed by atoms with van der Waals surface area (Å²) in [6, 6.07) is 0. The molecule has 100 valence electrons. The molecule has 3 heterocycles. The molecule has 1 N–H and O–H groups in total. The number of halogens is 1. The molecule has 3 aliphatic heterocycles. The van der Waals surface area contributed by atoms with Gasteiger partial charge in [-0.05, 0) is 38.8 Å². The van der Waals surface area contributed by atoms with Crippen molar-refractivity contribution in [1.82, 2.24) is 10.2 Å². The van der Waals surface area contributed by atoms with Gasteiger partial charge in [0.2, 0.25) is 0 Å². The van der Waals surface area contributed by atoms with Crippen LogP contribution in [0.1, 0.15) is 25.7 Å². The first-order valence-electron chi connectivity index (χ1n) is 6.58. The fourth-order valence-corrected chi connectivity index (χ4v) is 3.17. The van der Waals surface area contributed by atoms with Crippen molar-refractivity contribution in [1.29, 1.82) is 0 Å². The lowest BCUT2D eigenvalue weighted by atomic mass is 9.90. The van der Waals surface area contributed by atoms with Crippen LogP contribution in [0.5, 0.6) is 0 Å². The van der Waals surface area contributed by atoms with Gasteiger partial charge in [-0.15, -0.1) is 12.4 Å². The van der Waals surface area contributed by atoms with Crippen LogP contribution in [0.15, 0.2) is 0 Å². The van der Waals surface area contributed by atoms with E-state index in [0.717, 1.165) is 39.4 Å². The smallest absolute Gasteiger partial charge is 0.111 e. The van der Waals surface area contributed by atoms with E-state index in [1.54, 1.807) is 0 Å². The predicted octanol–water partition coefficient (Wildman–Crippen LogP) is 0.999. The van der Waals surface area contributed by atoms with Gasteiger partial charge in [0, 0.05) is 13.1 Å². The molecule has 1 spiro atoms. The van der Waals surface area contributed by atoms with Crippen molar-refractivity contribution in [2.45, 2.75) is 37.5 Å². The van der Waals surface area contributed by atoms with Crippen molar-refractivity contribution in [3.8, 4) is 0 Å². The number of hydrogen-bond donors (Lipinski definition) is 1. The van der Waals surface area contributed by atoms with Crippen LogP contribution in [0.4, 0.5) is 0 Å². The molecular formula is C12H23ClN2O2. The Kier molecular flexibility index (Phi) is 4.66. The first kappa shape index (κ1) is 13.6. The number of piperidine rings is 1. The summed E-state index contributed by atoms with van der Waals surface area (Å²) in [5.41, 5.74) is 0.203. The van der Waals surface area contributed by atoms with Crippen LogP contribution in [0.3, 0.4) is 0 Å². The van der Waals surface area contributed by atoms with E-state index in [4.69, 9.17) is 9.47 Å². The lowest BCUT2D eigenvalue weighted by Gasteiger charge is -2.37. The lowest BCUT2D eigenvalue weighted by molar-refractivity contribution is -0.136. The minimum atomic E-state index is 0. The highest BCUT2D eigenvalue weighted by atomic mass is 35.5. The second kappa shape index (κ2) is 5.85. The van der Waals surface area contributed by atoms with Gasteiger partial charge in [-0.3, -0.25) is 4.90 Å². The number of hydrogen-bond acceptors (Lipinski definition) is 4. The highest BCUT2D eigenvalue weighted by molar-refractivity contribution is 5.85. The van der Waals surface area contributed by atoms with E-state index < -0.39 is 0 Å². The van der Waals surface area contributed by atoms with E-state index in [1.165, 1.54) is 25.7 Å². The molecule has 0 bridgehead atoms. The Bertz CT molecular complexity index is 241. The molecule has 3 fully saturated rings. The zero-order valence-electron chi connectivity index (χ0n) is 10.3. The van der Waals surface area contributed by atoms with E-state index in [0.29, 0.717) is 6.23 Å². The summed E-state index contributed by atoms with van der Waals surface area (Å²) in [5.74, 6) is 0. The third kappa shape index (κ3) is 2.93. The number of rotatable bonds is 1. The molecule has 4 nitrogen and oxygen atoms in total. The Morgan fingerprint density at radius 2 is 1.76 bits per heavy atom. The summed E-state index contributed by atoms with van der Waals surface area (Å²) in [6.45, 7) is 6.06. The topological polar surface area (TPSA) is 33.7 Å². The van der Waals surface area contributed by atoms with E-state index in [2.05, 4.69) is 10.2 Å². The minimum absolute atomic E-state index is 0. The summed E-state index contributed by atoms with van der Waals surface area (Å²) >= 11 is 0. The third-order valence-corrected chi connectivity index (χ3v) is 4.20. The molecule has 0 aromatic rings. The molecule has 1 unspecified atom stereocenters. The van der Waals surface area contributed by atoms with Crippen LogP contribution in [-0.4, -0.2) is 56.1 Å². The molecule has 0 aromatic heterocycles. The monoisotopic (exact) mass is 262 g/mol. The van der Waals surface area contributed by atoms with E-state index >= 15 is 0 Å².